The molecule has 0 aliphatic carbocycles. The zero-order chi connectivity index (χ0) is 19.5. The number of H-pyrrole nitrogens is 1. The Morgan fingerprint density at radius 1 is 0.893 bits per heavy atom. The highest BCUT2D eigenvalue weighted by Crippen LogP contribution is 2.29. The maximum Gasteiger partial charge on any atom is 0.260 e. The number of aromatic nitrogens is 1. The molecule has 0 aliphatic rings. The van der Waals surface area contributed by atoms with Crippen LogP contribution in [0.15, 0.2) is 89.7 Å². The lowest BCUT2D eigenvalue weighted by atomic mass is 9.94. The van der Waals surface area contributed by atoms with Crippen LogP contribution < -0.4 is 5.56 Å². The van der Waals surface area contributed by atoms with Crippen LogP contribution in [0.1, 0.15) is 15.9 Å². The van der Waals surface area contributed by atoms with Crippen molar-refractivity contribution in [2.75, 3.05) is 0 Å². The molecule has 136 valence electrons. The zero-order valence-corrected chi connectivity index (χ0v) is 14.9. The van der Waals surface area contributed by atoms with Gasteiger partial charge in [0.25, 0.3) is 5.56 Å². The molecule has 0 saturated carbocycles. The van der Waals surface area contributed by atoms with E-state index < -0.39 is 11.3 Å². The fraction of sp³-hybridized carbons (Fsp3) is 0. The third kappa shape index (κ3) is 3.40. The summed E-state index contributed by atoms with van der Waals surface area (Å²) >= 11 is 0. The van der Waals surface area contributed by atoms with E-state index in [0.717, 1.165) is 10.9 Å². The molecule has 0 aliphatic heterocycles. The standard InChI is InChI=1S/C24H16FNO2/c25-18-10-6-7-16(15-18)13-14-21(27)23-22(17-8-2-1-3-9-17)19-11-4-5-12-20(19)26-24(23)28/h1-15H,(H,26,28)/b14-13+. The third-order valence-corrected chi connectivity index (χ3v) is 4.51. The van der Waals surface area contributed by atoms with E-state index in [-0.39, 0.29) is 11.4 Å². The van der Waals surface area contributed by atoms with Gasteiger partial charge in [-0.1, -0.05) is 66.7 Å². The largest absolute Gasteiger partial charge is 0.321 e. The Balaban J connectivity index is 1.90. The van der Waals surface area contributed by atoms with E-state index in [1.54, 1.807) is 18.2 Å². The summed E-state index contributed by atoms with van der Waals surface area (Å²) in [5.74, 6) is -0.821. The molecule has 3 aromatic carbocycles. The van der Waals surface area contributed by atoms with E-state index in [4.69, 9.17) is 0 Å². The Labute approximate surface area is 160 Å². The van der Waals surface area contributed by atoms with Gasteiger partial charge < -0.3 is 4.98 Å². The van der Waals surface area contributed by atoms with Crippen LogP contribution in [0, 0.1) is 5.82 Å². The maximum absolute atomic E-state index is 13.4. The second-order valence-corrected chi connectivity index (χ2v) is 6.37. The van der Waals surface area contributed by atoms with Gasteiger partial charge in [-0.3, -0.25) is 9.59 Å². The van der Waals surface area contributed by atoms with Gasteiger partial charge >= 0.3 is 0 Å². The molecule has 0 amide bonds. The fourth-order valence-electron chi connectivity index (χ4n) is 3.25. The van der Waals surface area contributed by atoms with Crippen molar-refractivity contribution in [3.8, 4) is 11.1 Å². The zero-order valence-electron chi connectivity index (χ0n) is 14.9. The van der Waals surface area contributed by atoms with Crippen LogP contribution in [0.3, 0.4) is 0 Å². The van der Waals surface area contributed by atoms with Crippen LogP contribution in [0.5, 0.6) is 0 Å². The summed E-state index contributed by atoms with van der Waals surface area (Å²) < 4.78 is 13.4. The molecule has 0 fully saturated rings. The van der Waals surface area contributed by atoms with E-state index >= 15 is 0 Å². The average Bonchev–Trinajstić information content (AvgIpc) is 2.71. The molecule has 0 unspecified atom stereocenters. The molecule has 28 heavy (non-hydrogen) atoms. The minimum absolute atomic E-state index is 0.0672. The van der Waals surface area contributed by atoms with Crippen LogP contribution in [0.25, 0.3) is 28.1 Å². The monoisotopic (exact) mass is 369 g/mol. The normalized spacial score (nSPS) is 11.2. The number of ketones is 1. The number of carbonyl (C=O) groups excluding carboxylic acids is 1. The summed E-state index contributed by atoms with van der Waals surface area (Å²) in [6.07, 6.45) is 2.81. The molecule has 0 bridgehead atoms. The highest BCUT2D eigenvalue weighted by Gasteiger charge is 2.18. The van der Waals surface area contributed by atoms with Crippen LogP contribution in [0.2, 0.25) is 0 Å². The van der Waals surface area contributed by atoms with Crippen LogP contribution in [0.4, 0.5) is 4.39 Å². The van der Waals surface area contributed by atoms with Gasteiger partial charge in [0.15, 0.2) is 5.78 Å². The van der Waals surface area contributed by atoms with Crippen molar-refractivity contribution in [1.82, 2.24) is 4.98 Å². The Morgan fingerprint density at radius 2 is 1.64 bits per heavy atom. The molecule has 0 spiro atoms. The Morgan fingerprint density at radius 3 is 2.43 bits per heavy atom. The molecular formula is C24H16FNO2. The maximum atomic E-state index is 13.4. The van der Waals surface area contributed by atoms with Crippen molar-refractivity contribution in [3.05, 3.63) is 112 Å². The number of pyridine rings is 1. The molecule has 3 nitrogen and oxygen atoms in total. The molecule has 1 heterocycles. The van der Waals surface area contributed by atoms with E-state index in [9.17, 15) is 14.0 Å². The number of aromatic amines is 1. The fourth-order valence-corrected chi connectivity index (χ4v) is 3.25. The molecule has 4 heteroatoms. The second kappa shape index (κ2) is 7.45. The topological polar surface area (TPSA) is 49.9 Å². The highest BCUT2D eigenvalue weighted by molar-refractivity contribution is 6.15. The Hall–Kier alpha value is -3.79. The van der Waals surface area contributed by atoms with Gasteiger partial charge in [-0.25, -0.2) is 4.39 Å². The van der Waals surface area contributed by atoms with Crippen molar-refractivity contribution in [1.29, 1.82) is 0 Å². The predicted octanol–water partition coefficient (Wildman–Crippen LogP) is 5.23. The highest BCUT2D eigenvalue weighted by atomic mass is 19.1. The van der Waals surface area contributed by atoms with Gasteiger partial charge in [-0.15, -0.1) is 0 Å². The number of rotatable bonds is 4. The third-order valence-electron chi connectivity index (χ3n) is 4.51. The van der Waals surface area contributed by atoms with Gasteiger partial charge in [0.05, 0.1) is 5.56 Å². The number of carbonyl (C=O) groups is 1. The smallest absolute Gasteiger partial charge is 0.260 e. The van der Waals surface area contributed by atoms with Crippen molar-refractivity contribution >= 4 is 22.8 Å². The molecule has 1 N–H and O–H groups in total. The van der Waals surface area contributed by atoms with Gasteiger partial charge in [0.2, 0.25) is 0 Å². The number of halogens is 1. The van der Waals surface area contributed by atoms with E-state index in [2.05, 4.69) is 4.98 Å². The molecule has 4 rings (SSSR count). The lowest BCUT2D eigenvalue weighted by molar-refractivity contribution is 0.104. The quantitative estimate of drug-likeness (QED) is 0.395. The van der Waals surface area contributed by atoms with Crippen LogP contribution in [-0.2, 0) is 0 Å². The van der Waals surface area contributed by atoms with Gasteiger partial charge in [0.1, 0.15) is 5.82 Å². The van der Waals surface area contributed by atoms with Gasteiger partial charge in [-0.05, 0) is 35.4 Å². The SMILES string of the molecule is O=C(/C=C/c1cccc(F)c1)c1c(-c2ccccc2)c2ccccc2[nH]c1=O. The first-order chi connectivity index (χ1) is 13.6. The lowest BCUT2D eigenvalue weighted by Crippen LogP contribution is -2.18. The summed E-state index contributed by atoms with van der Waals surface area (Å²) in [5, 5.41) is 0.788. The Kier molecular flexibility index (Phi) is 4.68. The molecule has 0 saturated heterocycles. The number of nitrogens with one attached hydrogen (secondary N) is 1. The molecular weight excluding hydrogens is 353 g/mol. The number of benzene rings is 3. The number of fused-ring (bicyclic) bond motifs is 1. The number of hydrogen-bond acceptors (Lipinski definition) is 2. The lowest BCUT2D eigenvalue weighted by Gasteiger charge is -2.11. The second-order valence-electron chi connectivity index (χ2n) is 6.37. The first-order valence-electron chi connectivity index (χ1n) is 8.82. The van der Waals surface area contributed by atoms with Crippen molar-refractivity contribution in [2.45, 2.75) is 0 Å². The van der Waals surface area contributed by atoms with Crippen molar-refractivity contribution in [2.24, 2.45) is 0 Å². The van der Waals surface area contributed by atoms with Crippen LogP contribution in [-0.4, -0.2) is 10.8 Å². The molecule has 1 aromatic heterocycles. The molecule has 0 radical (unpaired) electrons. The Bertz CT molecular complexity index is 1260. The number of hydrogen-bond donors (Lipinski definition) is 1. The van der Waals surface area contributed by atoms with Crippen LogP contribution >= 0.6 is 0 Å². The first kappa shape index (κ1) is 17.6. The first-order valence-corrected chi connectivity index (χ1v) is 8.82. The van der Waals surface area contributed by atoms with E-state index in [0.29, 0.717) is 16.6 Å². The summed E-state index contributed by atoms with van der Waals surface area (Å²) in [5.41, 5.74) is 2.20. The molecule has 0 atom stereocenters. The average molecular weight is 369 g/mol. The summed E-state index contributed by atoms with van der Waals surface area (Å²) in [4.78, 5) is 28.5. The summed E-state index contributed by atoms with van der Waals surface area (Å²) in [6.45, 7) is 0. The van der Waals surface area contributed by atoms with E-state index in [1.807, 2.05) is 48.5 Å². The van der Waals surface area contributed by atoms with E-state index in [1.165, 1.54) is 24.3 Å². The summed E-state index contributed by atoms with van der Waals surface area (Å²) in [7, 11) is 0. The number of para-hydroxylation sites is 1. The predicted molar refractivity (Wildman–Crippen MR) is 110 cm³/mol. The summed E-state index contributed by atoms with van der Waals surface area (Å²) in [6, 6.07) is 22.6. The van der Waals surface area contributed by atoms with Crippen molar-refractivity contribution < 1.29 is 9.18 Å². The van der Waals surface area contributed by atoms with Gasteiger partial charge in [0, 0.05) is 16.5 Å². The van der Waals surface area contributed by atoms with Gasteiger partial charge in [-0.2, -0.15) is 0 Å². The number of allylic oxidation sites excluding steroid dienone is 1. The molecule has 4 aromatic rings. The minimum atomic E-state index is -0.452. The van der Waals surface area contributed by atoms with Crippen molar-refractivity contribution in [3.63, 3.8) is 0 Å². The minimum Gasteiger partial charge on any atom is -0.321 e.